The van der Waals surface area contributed by atoms with Crippen LogP contribution in [0.25, 0.3) is 0 Å². The van der Waals surface area contributed by atoms with E-state index in [4.69, 9.17) is 4.52 Å². The minimum Gasteiger partial charge on any atom is -0.351 e. The van der Waals surface area contributed by atoms with Crippen molar-refractivity contribution in [3.8, 4) is 6.07 Å². The van der Waals surface area contributed by atoms with Crippen molar-refractivity contribution in [1.82, 2.24) is 15.1 Å². The second kappa shape index (κ2) is 6.56. The van der Waals surface area contributed by atoms with Crippen LogP contribution in [0.15, 0.2) is 10.6 Å². The Bertz CT molecular complexity index is 699. The van der Waals surface area contributed by atoms with Crippen LogP contribution in [-0.4, -0.2) is 22.2 Å². The third-order valence-electron chi connectivity index (χ3n) is 3.27. The van der Waals surface area contributed by atoms with Crippen LogP contribution in [0.5, 0.6) is 0 Å². The molecule has 0 aromatic carbocycles. The van der Waals surface area contributed by atoms with Gasteiger partial charge in [-0.1, -0.05) is 19.0 Å². The summed E-state index contributed by atoms with van der Waals surface area (Å²) in [6, 6.07) is 4.13. The number of hydrogen-bond donors (Lipinski definition) is 0. The molecule has 0 aliphatic carbocycles. The van der Waals surface area contributed by atoms with Crippen molar-refractivity contribution in [3.05, 3.63) is 34.6 Å². The lowest BCUT2D eigenvalue weighted by Gasteiger charge is -2.19. The third-order valence-corrected chi connectivity index (χ3v) is 3.27. The molecule has 0 spiro atoms. The van der Waals surface area contributed by atoms with E-state index in [0.717, 1.165) is 17.7 Å². The van der Waals surface area contributed by atoms with Gasteiger partial charge in [-0.05, 0) is 31.4 Å². The van der Waals surface area contributed by atoms with Crippen molar-refractivity contribution >= 4 is 5.82 Å². The molecule has 116 valence electrons. The highest BCUT2D eigenvalue weighted by Gasteiger charge is 2.16. The zero-order chi connectivity index (χ0) is 16.3. The minimum atomic E-state index is 0.451. The van der Waals surface area contributed by atoms with Gasteiger partial charge in [0.1, 0.15) is 11.9 Å². The number of anilines is 1. The lowest BCUT2D eigenvalue weighted by atomic mass is 10.1. The van der Waals surface area contributed by atoms with Crippen LogP contribution in [-0.2, 0) is 13.0 Å². The highest BCUT2D eigenvalue weighted by atomic mass is 16.5. The van der Waals surface area contributed by atoms with E-state index in [9.17, 15) is 5.26 Å². The maximum atomic E-state index is 9.34. The van der Waals surface area contributed by atoms with Crippen molar-refractivity contribution in [2.75, 3.05) is 11.9 Å². The van der Waals surface area contributed by atoms with Gasteiger partial charge in [-0.2, -0.15) is 10.2 Å². The van der Waals surface area contributed by atoms with Gasteiger partial charge in [0.15, 0.2) is 5.82 Å². The molecule has 0 N–H and O–H groups in total. The van der Waals surface area contributed by atoms with Crippen molar-refractivity contribution in [2.45, 2.75) is 40.7 Å². The minimum absolute atomic E-state index is 0.451. The summed E-state index contributed by atoms with van der Waals surface area (Å²) in [5, 5.41) is 13.3. The van der Waals surface area contributed by atoms with Gasteiger partial charge in [0, 0.05) is 19.2 Å². The normalized spacial score (nSPS) is 10.8. The molecule has 0 saturated carbocycles. The fourth-order valence-corrected chi connectivity index (χ4v) is 2.31. The standard InChI is InChI=1S/C16H21N5O/c1-10(2)6-15-19-14(20-22-15)9-21(5)16-13(8-17)11(3)7-12(4)18-16/h7,10H,6,9H2,1-5H3. The molecule has 6 heteroatoms. The predicted molar refractivity (Wildman–Crippen MR) is 83.4 cm³/mol. The molecule has 2 rings (SSSR count). The van der Waals surface area contributed by atoms with Crippen LogP contribution in [0.1, 0.15) is 42.4 Å². The van der Waals surface area contributed by atoms with Crippen molar-refractivity contribution < 1.29 is 4.52 Å². The third kappa shape index (κ3) is 3.61. The number of aryl methyl sites for hydroxylation is 2. The van der Waals surface area contributed by atoms with Crippen molar-refractivity contribution in [1.29, 1.82) is 5.26 Å². The first-order chi connectivity index (χ1) is 10.4. The summed E-state index contributed by atoms with van der Waals surface area (Å²) in [6.45, 7) is 8.50. The summed E-state index contributed by atoms with van der Waals surface area (Å²) in [6.07, 6.45) is 0.766. The van der Waals surface area contributed by atoms with E-state index in [1.54, 1.807) is 0 Å². The first-order valence-electron chi connectivity index (χ1n) is 7.31. The number of nitrogens with zero attached hydrogens (tertiary/aromatic N) is 5. The van der Waals surface area contributed by atoms with Gasteiger partial charge in [-0.3, -0.25) is 0 Å². The van der Waals surface area contributed by atoms with E-state index in [-0.39, 0.29) is 0 Å². The molecule has 2 aromatic heterocycles. The van der Waals surface area contributed by atoms with E-state index in [0.29, 0.717) is 35.6 Å². The van der Waals surface area contributed by atoms with Gasteiger partial charge in [-0.25, -0.2) is 4.98 Å². The molecule has 0 radical (unpaired) electrons. The van der Waals surface area contributed by atoms with Crippen LogP contribution in [0.4, 0.5) is 5.82 Å². The van der Waals surface area contributed by atoms with Crippen molar-refractivity contribution in [2.24, 2.45) is 5.92 Å². The van der Waals surface area contributed by atoms with Crippen LogP contribution >= 0.6 is 0 Å². The largest absolute Gasteiger partial charge is 0.351 e. The van der Waals surface area contributed by atoms with Gasteiger partial charge < -0.3 is 9.42 Å². The average Bonchev–Trinajstić information content (AvgIpc) is 2.84. The Morgan fingerprint density at radius 1 is 1.32 bits per heavy atom. The summed E-state index contributed by atoms with van der Waals surface area (Å²) < 4.78 is 5.24. The smallest absolute Gasteiger partial charge is 0.226 e. The summed E-state index contributed by atoms with van der Waals surface area (Å²) in [4.78, 5) is 10.7. The van der Waals surface area contributed by atoms with Gasteiger partial charge in [0.05, 0.1) is 12.1 Å². The molecule has 22 heavy (non-hydrogen) atoms. The first-order valence-corrected chi connectivity index (χ1v) is 7.31. The monoisotopic (exact) mass is 299 g/mol. The number of rotatable bonds is 5. The van der Waals surface area contributed by atoms with E-state index in [1.807, 2.05) is 31.9 Å². The second-order valence-electron chi connectivity index (χ2n) is 5.95. The summed E-state index contributed by atoms with van der Waals surface area (Å²) >= 11 is 0. The molecular formula is C16H21N5O. The fraction of sp³-hybridized carbons (Fsp3) is 0.500. The van der Waals surface area contributed by atoms with E-state index in [2.05, 4.69) is 35.0 Å². The maximum absolute atomic E-state index is 9.34. The molecule has 2 aromatic rings. The van der Waals surface area contributed by atoms with E-state index in [1.165, 1.54) is 0 Å². The van der Waals surface area contributed by atoms with Gasteiger partial charge >= 0.3 is 0 Å². The quantitative estimate of drug-likeness (QED) is 0.844. The van der Waals surface area contributed by atoms with Gasteiger partial charge in [0.25, 0.3) is 0 Å². The van der Waals surface area contributed by atoms with Crippen LogP contribution in [0.3, 0.4) is 0 Å². The molecule has 0 aliphatic rings. The Morgan fingerprint density at radius 2 is 2.05 bits per heavy atom. The second-order valence-corrected chi connectivity index (χ2v) is 5.95. The lowest BCUT2D eigenvalue weighted by molar-refractivity contribution is 0.358. The Balaban J connectivity index is 2.21. The van der Waals surface area contributed by atoms with E-state index < -0.39 is 0 Å². The molecular weight excluding hydrogens is 278 g/mol. The first kappa shape index (κ1) is 16.0. The predicted octanol–water partition coefficient (Wildman–Crippen LogP) is 2.79. The topological polar surface area (TPSA) is 78.8 Å². The average molecular weight is 299 g/mol. The molecule has 6 nitrogen and oxygen atoms in total. The SMILES string of the molecule is Cc1cc(C)c(C#N)c(N(C)Cc2noc(CC(C)C)n2)n1. The number of pyridine rings is 1. The number of aromatic nitrogens is 3. The molecule has 2 heterocycles. The molecule has 0 fully saturated rings. The zero-order valence-corrected chi connectivity index (χ0v) is 13.7. The molecule has 0 saturated heterocycles. The van der Waals surface area contributed by atoms with Crippen LogP contribution in [0, 0.1) is 31.1 Å². The highest BCUT2D eigenvalue weighted by Crippen LogP contribution is 2.21. The summed E-state index contributed by atoms with van der Waals surface area (Å²) in [5.74, 6) is 2.36. The Hall–Kier alpha value is -2.42. The van der Waals surface area contributed by atoms with Crippen molar-refractivity contribution in [3.63, 3.8) is 0 Å². The molecule has 0 unspecified atom stereocenters. The van der Waals surface area contributed by atoms with Crippen LogP contribution in [0.2, 0.25) is 0 Å². The Labute approximate surface area is 130 Å². The number of hydrogen-bond acceptors (Lipinski definition) is 6. The molecule has 0 amide bonds. The van der Waals surface area contributed by atoms with Gasteiger partial charge in [0.2, 0.25) is 5.89 Å². The number of nitriles is 1. The summed E-state index contributed by atoms with van der Waals surface area (Å²) in [7, 11) is 1.88. The van der Waals surface area contributed by atoms with E-state index >= 15 is 0 Å². The molecule has 0 bridgehead atoms. The highest BCUT2D eigenvalue weighted by molar-refractivity contribution is 5.57. The summed E-state index contributed by atoms with van der Waals surface area (Å²) in [5.41, 5.74) is 2.39. The lowest BCUT2D eigenvalue weighted by Crippen LogP contribution is -2.20. The Kier molecular flexibility index (Phi) is 4.76. The Morgan fingerprint density at radius 3 is 2.68 bits per heavy atom. The fourth-order valence-electron chi connectivity index (χ4n) is 2.31. The molecule has 0 atom stereocenters. The van der Waals surface area contributed by atoms with Gasteiger partial charge in [-0.15, -0.1) is 0 Å². The maximum Gasteiger partial charge on any atom is 0.226 e. The molecule has 0 aliphatic heterocycles. The zero-order valence-electron chi connectivity index (χ0n) is 13.7. The van der Waals surface area contributed by atoms with Crippen LogP contribution < -0.4 is 4.90 Å².